The van der Waals surface area contributed by atoms with Crippen molar-refractivity contribution < 1.29 is 26.0 Å². The van der Waals surface area contributed by atoms with Gasteiger partial charge in [0.2, 0.25) is 15.0 Å². The highest BCUT2D eigenvalue weighted by Gasteiger charge is 2.26. The second kappa shape index (κ2) is 6.47. The molecule has 2 aromatic rings. The van der Waals surface area contributed by atoms with E-state index in [0.717, 1.165) is 6.26 Å². The summed E-state index contributed by atoms with van der Waals surface area (Å²) in [5.74, 6) is -6.01. The van der Waals surface area contributed by atoms with Crippen molar-refractivity contribution in [1.82, 2.24) is 14.9 Å². The van der Waals surface area contributed by atoms with Crippen LogP contribution in [-0.4, -0.2) is 36.1 Å². The van der Waals surface area contributed by atoms with E-state index in [0.29, 0.717) is 0 Å². The molecule has 0 amide bonds. The largest absolute Gasteiger partial charge is 0.297 e. The van der Waals surface area contributed by atoms with E-state index in [-0.39, 0.29) is 36.8 Å². The lowest BCUT2D eigenvalue weighted by Gasteiger charge is -2.27. The smallest absolute Gasteiger partial charge is 0.255 e. The van der Waals surface area contributed by atoms with Crippen LogP contribution in [0.4, 0.5) is 17.6 Å². The molecule has 0 unspecified atom stereocenters. The minimum Gasteiger partial charge on any atom is -0.297 e. The molecule has 11 heteroatoms. The average molecular weight is 391 g/mol. The summed E-state index contributed by atoms with van der Waals surface area (Å²) in [6.07, 6.45) is 1.02. The zero-order valence-electron chi connectivity index (χ0n) is 13.4. The minimum atomic E-state index is -3.76. The number of H-pyrrole nitrogens is 1. The summed E-state index contributed by atoms with van der Waals surface area (Å²) in [5, 5.41) is -0.516. The van der Waals surface area contributed by atoms with Crippen LogP contribution in [-0.2, 0) is 29.3 Å². The third kappa shape index (κ3) is 3.36. The number of aromatic nitrogens is 2. The molecule has 1 aromatic heterocycles. The summed E-state index contributed by atoms with van der Waals surface area (Å²) in [6, 6.07) is 0.124. The van der Waals surface area contributed by atoms with Gasteiger partial charge in [0, 0.05) is 43.1 Å². The Morgan fingerprint density at radius 2 is 1.81 bits per heavy atom. The number of halogens is 4. The lowest BCUT2D eigenvalue weighted by atomic mass is 10.1. The monoisotopic (exact) mass is 391 g/mol. The lowest BCUT2D eigenvalue weighted by molar-refractivity contribution is 0.229. The Morgan fingerprint density at radius 3 is 2.38 bits per heavy atom. The number of rotatable bonds is 3. The van der Waals surface area contributed by atoms with E-state index in [1.54, 1.807) is 0 Å². The fourth-order valence-electron chi connectivity index (χ4n) is 2.77. The van der Waals surface area contributed by atoms with E-state index in [1.807, 2.05) is 0 Å². The van der Waals surface area contributed by atoms with Crippen LogP contribution < -0.4 is 5.56 Å². The summed E-state index contributed by atoms with van der Waals surface area (Å²) in [6.45, 7) is -0.389. The van der Waals surface area contributed by atoms with Crippen LogP contribution in [0.2, 0.25) is 0 Å². The first kappa shape index (κ1) is 18.5. The van der Waals surface area contributed by atoms with Gasteiger partial charge in [-0.05, 0) is 6.42 Å². The van der Waals surface area contributed by atoms with Gasteiger partial charge in [-0.3, -0.25) is 14.7 Å². The summed E-state index contributed by atoms with van der Waals surface area (Å²) >= 11 is 0. The summed E-state index contributed by atoms with van der Waals surface area (Å²) < 4.78 is 77.4. The maximum Gasteiger partial charge on any atom is 0.255 e. The van der Waals surface area contributed by atoms with Gasteiger partial charge in [-0.1, -0.05) is 0 Å². The van der Waals surface area contributed by atoms with Gasteiger partial charge in [0.1, 0.15) is 0 Å². The second-order valence-electron chi connectivity index (χ2n) is 5.98. The highest BCUT2D eigenvalue weighted by atomic mass is 32.2. The number of hydrogen-bond donors (Lipinski definition) is 1. The van der Waals surface area contributed by atoms with Crippen LogP contribution in [0.25, 0.3) is 0 Å². The molecular weight excluding hydrogens is 378 g/mol. The first-order chi connectivity index (χ1) is 12.1. The molecule has 0 spiro atoms. The maximum atomic E-state index is 13.8. The predicted octanol–water partition coefficient (Wildman–Crippen LogP) is 1.29. The number of hydrogen-bond acceptors (Lipinski definition) is 5. The highest BCUT2D eigenvalue weighted by Crippen LogP contribution is 2.23. The molecule has 1 aromatic carbocycles. The molecule has 0 radical (unpaired) electrons. The van der Waals surface area contributed by atoms with Crippen molar-refractivity contribution in [3.05, 3.63) is 56.5 Å². The quantitative estimate of drug-likeness (QED) is 0.484. The number of benzene rings is 1. The first-order valence-corrected chi connectivity index (χ1v) is 9.33. The Hall–Kier alpha value is -2.27. The van der Waals surface area contributed by atoms with E-state index in [2.05, 4.69) is 9.97 Å². The predicted molar refractivity (Wildman–Crippen MR) is 82.1 cm³/mol. The summed E-state index contributed by atoms with van der Waals surface area (Å²) in [7, 11) is -3.76. The van der Waals surface area contributed by atoms with Crippen LogP contribution in [0.15, 0.2) is 16.0 Å². The molecule has 1 aliphatic heterocycles. The lowest BCUT2D eigenvalue weighted by Crippen LogP contribution is -2.36. The van der Waals surface area contributed by atoms with Crippen LogP contribution in [0.1, 0.15) is 16.8 Å². The molecule has 0 atom stereocenters. The molecule has 1 N–H and O–H groups in total. The van der Waals surface area contributed by atoms with Gasteiger partial charge in [0.05, 0.1) is 5.69 Å². The SMILES string of the molecule is CS(=O)(=O)c1nc2c(c(=O)[nH]1)CCN(Cc1c(F)c(F)cc(F)c1F)C2. The van der Waals surface area contributed by atoms with Gasteiger partial charge in [-0.25, -0.2) is 31.0 Å². The Morgan fingerprint density at radius 1 is 1.19 bits per heavy atom. The molecule has 0 fully saturated rings. The van der Waals surface area contributed by atoms with Gasteiger partial charge in [-0.15, -0.1) is 0 Å². The summed E-state index contributed by atoms with van der Waals surface area (Å²) in [4.78, 5) is 19.5. The molecule has 6 nitrogen and oxygen atoms in total. The van der Waals surface area contributed by atoms with Gasteiger partial charge in [0.25, 0.3) is 5.56 Å². The fourth-order valence-corrected chi connectivity index (χ4v) is 3.32. The van der Waals surface area contributed by atoms with Gasteiger partial charge < -0.3 is 0 Å². The topological polar surface area (TPSA) is 83.1 Å². The molecule has 26 heavy (non-hydrogen) atoms. The molecule has 0 aliphatic carbocycles. The second-order valence-corrected chi connectivity index (χ2v) is 7.91. The van der Waals surface area contributed by atoms with E-state index >= 15 is 0 Å². The van der Waals surface area contributed by atoms with E-state index in [9.17, 15) is 30.8 Å². The Bertz CT molecular complexity index is 1030. The van der Waals surface area contributed by atoms with Crippen LogP contribution in [0, 0.1) is 23.3 Å². The van der Waals surface area contributed by atoms with Crippen molar-refractivity contribution in [2.75, 3.05) is 12.8 Å². The normalized spacial score (nSPS) is 15.1. The van der Waals surface area contributed by atoms with Crippen molar-refractivity contribution in [3.8, 4) is 0 Å². The molecule has 0 bridgehead atoms. The van der Waals surface area contributed by atoms with Gasteiger partial charge >= 0.3 is 0 Å². The zero-order valence-corrected chi connectivity index (χ0v) is 14.3. The number of aromatic amines is 1. The minimum absolute atomic E-state index is 0.0984. The number of fused-ring (bicyclic) bond motifs is 1. The average Bonchev–Trinajstić information content (AvgIpc) is 2.56. The van der Waals surface area contributed by atoms with E-state index < -0.39 is 55.9 Å². The third-order valence-electron chi connectivity index (χ3n) is 4.07. The molecule has 1 aliphatic rings. The highest BCUT2D eigenvalue weighted by molar-refractivity contribution is 7.90. The zero-order chi connectivity index (χ0) is 19.2. The van der Waals surface area contributed by atoms with Crippen molar-refractivity contribution in [2.24, 2.45) is 0 Å². The van der Waals surface area contributed by atoms with E-state index in [4.69, 9.17) is 0 Å². The van der Waals surface area contributed by atoms with Gasteiger partial charge in [-0.2, -0.15) is 0 Å². The number of nitrogens with zero attached hydrogens (tertiary/aromatic N) is 2. The first-order valence-electron chi connectivity index (χ1n) is 7.44. The number of sulfone groups is 1. The molecule has 2 heterocycles. The maximum absolute atomic E-state index is 13.8. The molecule has 140 valence electrons. The summed E-state index contributed by atoms with van der Waals surface area (Å²) in [5.41, 5.74) is -0.985. The molecule has 0 saturated heterocycles. The molecular formula is C15H13F4N3O3S. The molecule has 0 saturated carbocycles. The van der Waals surface area contributed by atoms with Crippen molar-refractivity contribution in [2.45, 2.75) is 24.7 Å². The molecule has 3 rings (SSSR count). The van der Waals surface area contributed by atoms with Crippen LogP contribution in [0.5, 0.6) is 0 Å². The van der Waals surface area contributed by atoms with Crippen molar-refractivity contribution in [1.29, 1.82) is 0 Å². The Balaban J connectivity index is 1.95. The van der Waals surface area contributed by atoms with Crippen molar-refractivity contribution in [3.63, 3.8) is 0 Å². The van der Waals surface area contributed by atoms with Crippen LogP contribution >= 0.6 is 0 Å². The van der Waals surface area contributed by atoms with Gasteiger partial charge in [0.15, 0.2) is 23.3 Å². The number of nitrogens with one attached hydrogen (secondary N) is 1. The Kier molecular flexibility index (Phi) is 4.61. The van der Waals surface area contributed by atoms with Crippen LogP contribution in [0.3, 0.4) is 0 Å². The fraction of sp³-hybridized carbons (Fsp3) is 0.333. The van der Waals surface area contributed by atoms with E-state index in [1.165, 1.54) is 4.90 Å². The standard InChI is InChI=1S/C15H13F4N3O3S/c1-26(24,25)15-20-11-6-22(3-2-7(11)14(23)21-15)5-8-12(18)9(16)4-10(17)13(8)19/h4H,2-3,5-6H2,1H3,(H,20,21,23). The third-order valence-corrected chi connectivity index (χ3v) is 4.96. The van der Waals surface area contributed by atoms with Crippen molar-refractivity contribution >= 4 is 9.84 Å². The Labute approximate surface area is 145 Å².